The molecule has 1 fully saturated rings. The Hall–Kier alpha value is -0.890. The summed E-state index contributed by atoms with van der Waals surface area (Å²) < 4.78 is 13.1. The van der Waals surface area contributed by atoms with Crippen LogP contribution in [-0.2, 0) is 6.42 Å². The van der Waals surface area contributed by atoms with Gasteiger partial charge in [-0.1, -0.05) is 26.0 Å². The standard InChI is InChI=1S/C14H20FN/c1-13(2)6-7-14(16,10-13)9-11-4-3-5-12(15)8-11/h3-5,8H,6-7,9-10,16H2,1-2H3. The second-order valence-corrected chi connectivity index (χ2v) is 6.01. The van der Waals surface area contributed by atoms with Crippen LogP contribution in [-0.4, -0.2) is 5.54 Å². The van der Waals surface area contributed by atoms with Crippen molar-refractivity contribution in [2.75, 3.05) is 0 Å². The summed E-state index contributed by atoms with van der Waals surface area (Å²) in [5.41, 5.74) is 7.60. The molecule has 1 aromatic carbocycles. The van der Waals surface area contributed by atoms with Gasteiger partial charge in [0.25, 0.3) is 0 Å². The molecule has 88 valence electrons. The van der Waals surface area contributed by atoms with Crippen LogP contribution in [0.4, 0.5) is 4.39 Å². The quantitative estimate of drug-likeness (QED) is 0.815. The number of rotatable bonds is 2. The molecule has 2 rings (SSSR count). The maximum Gasteiger partial charge on any atom is 0.123 e. The second kappa shape index (κ2) is 3.85. The van der Waals surface area contributed by atoms with Gasteiger partial charge in [-0.15, -0.1) is 0 Å². The Balaban J connectivity index is 2.10. The lowest BCUT2D eigenvalue weighted by Gasteiger charge is -2.26. The lowest BCUT2D eigenvalue weighted by Crippen LogP contribution is -2.40. The van der Waals surface area contributed by atoms with E-state index in [4.69, 9.17) is 5.73 Å². The summed E-state index contributed by atoms with van der Waals surface area (Å²) in [6.45, 7) is 4.51. The topological polar surface area (TPSA) is 26.0 Å². The summed E-state index contributed by atoms with van der Waals surface area (Å²) in [6.07, 6.45) is 4.01. The van der Waals surface area contributed by atoms with Gasteiger partial charge in [-0.3, -0.25) is 0 Å². The molecule has 0 amide bonds. The van der Waals surface area contributed by atoms with Gasteiger partial charge in [-0.25, -0.2) is 4.39 Å². The van der Waals surface area contributed by atoms with Gasteiger partial charge in [-0.2, -0.15) is 0 Å². The molecule has 0 radical (unpaired) electrons. The fraction of sp³-hybridized carbons (Fsp3) is 0.571. The van der Waals surface area contributed by atoms with Gasteiger partial charge in [0.15, 0.2) is 0 Å². The first-order valence-corrected chi connectivity index (χ1v) is 5.92. The Morgan fingerprint density at radius 3 is 2.62 bits per heavy atom. The van der Waals surface area contributed by atoms with Crippen LogP contribution in [0.2, 0.25) is 0 Å². The molecular weight excluding hydrogens is 201 g/mol. The minimum atomic E-state index is -0.168. The highest BCUT2D eigenvalue weighted by atomic mass is 19.1. The van der Waals surface area contributed by atoms with E-state index in [0.29, 0.717) is 5.41 Å². The lowest BCUT2D eigenvalue weighted by atomic mass is 9.85. The molecule has 16 heavy (non-hydrogen) atoms. The Kier molecular flexibility index (Phi) is 2.79. The molecule has 2 heteroatoms. The average molecular weight is 221 g/mol. The predicted molar refractivity (Wildman–Crippen MR) is 64.7 cm³/mol. The van der Waals surface area contributed by atoms with E-state index < -0.39 is 0 Å². The molecular formula is C14H20FN. The highest BCUT2D eigenvalue weighted by Crippen LogP contribution is 2.43. The second-order valence-electron chi connectivity index (χ2n) is 6.01. The molecule has 1 aliphatic carbocycles. The van der Waals surface area contributed by atoms with Crippen LogP contribution in [0.5, 0.6) is 0 Å². The first-order chi connectivity index (χ1) is 7.39. The first-order valence-electron chi connectivity index (χ1n) is 5.92. The molecule has 1 aliphatic rings. The molecule has 0 aromatic heterocycles. The minimum absolute atomic E-state index is 0.142. The van der Waals surface area contributed by atoms with Gasteiger partial charge in [0, 0.05) is 5.54 Å². The highest BCUT2D eigenvalue weighted by molar-refractivity contribution is 5.20. The van der Waals surface area contributed by atoms with Gasteiger partial charge in [0.2, 0.25) is 0 Å². The molecule has 1 nitrogen and oxygen atoms in total. The molecule has 2 N–H and O–H groups in total. The van der Waals surface area contributed by atoms with E-state index in [0.717, 1.165) is 24.8 Å². The number of benzene rings is 1. The maximum atomic E-state index is 13.1. The molecule has 0 heterocycles. The zero-order valence-electron chi connectivity index (χ0n) is 10.1. The van der Waals surface area contributed by atoms with Crippen molar-refractivity contribution < 1.29 is 4.39 Å². The van der Waals surface area contributed by atoms with E-state index in [1.54, 1.807) is 12.1 Å². The van der Waals surface area contributed by atoms with Gasteiger partial charge < -0.3 is 5.73 Å². The molecule has 1 aromatic rings. The van der Waals surface area contributed by atoms with Crippen molar-refractivity contribution in [2.24, 2.45) is 11.1 Å². The van der Waals surface area contributed by atoms with Crippen molar-refractivity contribution in [3.8, 4) is 0 Å². The van der Waals surface area contributed by atoms with Gasteiger partial charge in [0.05, 0.1) is 0 Å². The molecule has 1 atom stereocenters. The van der Waals surface area contributed by atoms with Crippen molar-refractivity contribution in [1.82, 2.24) is 0 Å². The van der Waals surface area contributed by atoms with Gasteiger partial charge >= 0.3 is 0 Å². The monoisotopic (exact) mass is 221 g/mol. The lowest BCUT2D eigenvalue weighted by molar-refractivity contribution is 0.334. The van der Waals surface area contributed by atoms with Crippen molar-refractivity contribution >= 4 is 0 Å². The SMILES string of the molecule is CC1(C)CCC(N)(Cc2cccc(F)c2)C1. The summed E-state index contributed by atoms with van der Waals surface area (Å²) in [5.74, 6) is -0.168. The zero-order valence-corrected chi connectivity index (χ0v) is 10.1. The van der Waals surface area contributed by atoms with Crippen LogP contribution in [0.1, 0.15) is 38.7 Å². The summed E-state index contributed by atoms with van der Waals surface area (Å²) in [4.78, 5) is 0. The van der Waals surface area contributed by atoms with Crippen molar-refractivity contribution in [1.29, 1.82) is 0 Å². The third-order valence-corrected chi connectivity index (χ3v) is 3.58. The third-order valence-electron chi connectivity index (χ3n) is 3.58. The average Bonchev–Trinajstić information content (AvgIpc) is 2.40. The summed E-state index contributed by atoms with van der Waals surface area (Å²) >= 11 is 0. The molecule has 0 aliphatic heterocycles. The van der Waals surface area contributed by atoms with E-state index >= 15 is 0 Å². The van der Waals surface area contributed by atoms with E-state index in [2.05, 4.69) is 13.8 Å². The molecule has 1 saturated carbocycles. The summed E-state index contributed by atoms with van der Waals surface area (Å²) in [5, 5.41) is 0. The Labute approximate surface area is 96.9 Å². The Morgan fingerprint density at radius 2 is 2.06 bits per heavy atom. The zero-order chi connectivity index (χ0) is 11.8. The predicted octanol–water partition coefficient (Wildman–Crippen LogP) is 3.28. The van der Waals surface area contributed by atoms with Gasteiger partial charge in [-0.05, 0) is 48.8 Å². The number of hydrogen-bond donors (Lipinski definition) is 1. The summed E-state index contributed by atoms with van der Waals surface area (Å²) in [6, 6.07) is 6.79. The van der Waals surface area contributed by atoms with Crippen LogP contribution < -0.4 is 5.73 Å². The van der Waals surface area contributed by atoms with E-state index in [-0.39, 0.29) is 11.4 Å². The third kappa shape index (κ3) is 2.62. The number of hydrogen-bond acceptors (Lipinski definition) is 1. The molecule has 0 spiro atoms. The first kappa shape index (κ1) is 11.6. The van der Waals surface area contributed by atoms with Crippen LogP contribution in [0, 0.1) is 11.2 Å². The van der Waals surface area contributed by atoms with Crippen LogP contribution in [0.15, 0.2) is 24.3 Å². The van der Waals surface area contributed by atoms with Crippen LogP contribution >= 0.6 is 0 Å². The minimum Gasteiger partial charge on any atom is -0.325 e. The Bertz CT molecular complexity index is 386. The fourth-order valence-corrected chi connectivity index (χ4v) is 2.92. The molecule has 0 saturated heterocycles. The van der Waals surface area contributed by atoms with E-state index in [1.165, 1.54) is 12.5 Å². The number of halogens is 1. The molecule has 1 unspecified atom stereocenters. The number of nitrogens with two attached hydrogens (primary N) is 1. The van der Waals surface area contributed by atoms with Crippen molar-refractivity contribution in [3.63, 3.8) is 0 Å². The Morgan fingerprint density at radius 1 is 1.31 bits per heavy atom. The maximum absolute atomic E-state index is 13.1. The van der Waals surface area contributed by atoms with E-state index in [9.17, 15) is 4.39 Å². The smallest absolute Gasteiger partial charge is 0.123 e. The summed E-state index contributed by atoms with van der Waals surface area (Å²) in [7, 11) is 0. The largest absolute Gasteiger partial charge is 0.325 e. The van der Waals surface area contributed by atoms with E-state index in [1.807, 2.05) is 6.07 Å². The fourth-order valence-electron chi connectivity index (χ4n) is 2.92. The van der Waals surface area contributed by atoms with Gasteiger partial charge in [0.1, 0.15) is 5.82 Å². The normalized spacial score (nSPS) is 28.2. The van der Waals surface area contributed by atoms with Crippen LogP contribution in [0.25, 0.3) is 0 Å². The van der Waals surface area contributed by atoms with Crippen LogP contribution in [0.3, 0.4) is 0 Å². The van der Waals surface area contributed by atoms with Crippen molar-refractivity contribution in [3.05, 3.63) is 35.6 Å². The highest BCUT2D eigenvalue weighted by Gasteiger charge is 2.40. The van der Waals surface area contributed by atoms with Crippen molar-refractivity contribution in [2.45, 2.75) is 45.1 Å². The molecule has 0 bridgehead atoms.